The lowest BCUT2D eigenvalue weighted by atomic mass is 9.85. The van der Waals surface area contributed by atoms with E-state index in [4.69, 9.17) is 4.74 Å². The van der Waals surface area contributed by atoms with Crippen LogP contribution < -0.4 is 0 Å². The van der Waals surface area contributed by atoms with Crippen LogP contribution in [0.2, 0.25) is 0 Å². The summed E-state index contributed by atoms with van der Waals surface area (Å²) < 4.78 is 18.1. The van der Waals surface area contributed by atoms with Gasteiger partial charge in [-0.1, -0.05) is 20.8 Å². The third-order valence-electron chi connectivity index (χ3n) is 2.04. The molecule has 0 spiro atoms. The molecule has 1 nitrogen and oxygen atoms in total. The Bertz CT molecular complexity index is 133. The minimum Gasteiger partial charge on any atom is -0.375 e. The third-order valence-corrected chi connectivity index (χ3v) is 2.04. The Labute approximate surface area is 67.9 Å². The van der Waals surface area contributed by atoms with Gasteiger partial charge in [0.15, 0.2) is 5.67 Å². The first-order valence-corrected chi connectivity index (χ1v) is 4.18. The molecule has 0 unspecified atom stereocenters. The highest BCUT2D eigenvalue weighted by atomic mass is 19.1. The van der Waals surface area contributed by atoms with E-state index in [9.17, 15) is 4.39 Å². The first-order chi connectivity index (χ1) is 4.91. The molecule has 0 bridgehead atoms. The average molecular weight is 160 g/mol. The van der Waals surface area contributed by atoms with Gasteiger partial charge in [0.25, 0.3) is 0 Å². The molecule has 11 heavy (non-hydrogen) atoms. The molecule has 1 aliphatic rings. The van der Waals surface area contributed by atoms with Crippen molar-refractivity contribution in [2.45, 2.75) is 39.3 Å². The maximum absolute atomic E-state index is 13.3. The maximum atomic E-state index is 13.3. The number of rotatable bonds is 2. The normalized spacial score (nSPS) is 22.9. The lowest BCUT2D eigenvalue weighted by molar-refractivity contribution is -0.136. The highest BCUT2D eigenvalue weighted by Crippen LogP contribution is 2.32. The molecule has 2 heteroatoms. The van der Waals surface area contributed by atoms with Gasteiger partial charge >= 0.3 is 0 Å². The quantitative estimate of drug-likeness (QED) is 0.603. The smallest absolute Gasteiger partial charge is 0.157 e. The molecule has 0 atom stereocenters. The second-order valence-electron chi connectivity index (χ2n) is 4.70. The maximum Gasteiger partial charge on any atom is 0.157 e. The zero-order valence-electron chi connectivity index (χ0n) is 7.61. The monoisotopic (exact) mass is 160 g/mol. The van der Waals surface area contributed by atoms with Crippen molar-refractivity contribution in [1.82, 2.24) is 0 Å². The molecule has 0 aromatic carbocycles. The number of ether oxygens (including phenoxy) is 1. The highest BCUT2D eigenvalue weighted by molar-refractivity contribution is 4.86. The molecule has 0 N–H and O–H groups in total. The molecule has 66 valence electrons. The van der Waals surface area contributed by atoms with E-state index in [1.54, 1.807) is 0 Å². The molecule has 0 amide bonds. The number of halogens is 1. The lowest BCUT2D eigenvalue weighted by Crippen LogP contribution is -2.45. The Morgan fingerprint density at radius 2 is 1.91 bits per heavy atom. The Balaban J connectivity index is 2.21. The van der Waals surface area contributed by atoms with E-state index in [1.807, 2.05) is 0 Å². The fourth-order valence-electron chi connectivity index (χ4n) is 1.07. The minimum atomic E-state index is -0.993. The number of hydrogen-bond donors (Lipinski definition) is 0. The van der Waals surface area contributed by atoms with E-state index in [2.05, 4.69) is 20.8 Å². The van der Waals surface area contributed by atoms with E-state index in [0.717, 1.165) is 6.42 Å². The predicted octanol–water partition coefficient (Wildman–Crippen LogP) is 2.55. The molecular weight excluding hydrogens is 143 g/mol. The van der Waals surface area contributed by atoms with Gasteiger partial charge < -0.3 is 4.74 Å². The molecule has 1 saturated heterocycles. The first kappa shape index (κ1) is 8.98. The van der Waals surface area contributed by atoms with Crippen LogP contribution in [0.5, 0.6) is 0 Å². The van der Waals surface area contributed by atoms with Crippen molar-refractivity contribution >= 4 is 0 Å². The van der Waals surface area contributed by atoms with Gasteiger partial charge in [0.1, 0.15) is 0 Å². The second-order valence-corrected chi connectivity index (χ2v) is 4.70. The van der Waals surface area contributed by atoms with Crippen molar-refractivity contribution in [1.29, 1.82) is 0 Å². The van der Waals surface area contributed by atoms with Crippen LogP contribution in [0.4, 0.5) is 4.39 Å². The van der Waals surface area contributed by atoms with Crippen LogP contribution in [0.1, 0.15) is 33.6 Å². The van der Waals surface area contributed by atoms with Gasteiger partial charge in [-0.3, -0.25) is 0 Å². The molecule has 1 heterocycles. The van der Waals surface area contributed by atoms with Crippen LogP contribution in [0.25, 0.3) is 0 Å². The van der Waals surface area contributed by atoms with Crippen LogP contribution >= 0.6 is 0 Å². The van der Waals surface area contributed by atoms with Crippen molar-refractivity contribution in [3.05, 3.63) is 0 Å². The summed E-state index contributed by atoms with van der Waals surface area (Å²) in [5.74, 6) is 0. The summed E-state index contributed by atoms with van der Waals surface area (Å²) in [5, 5.41) is 0. The SMILES string of the molecule is CC(C)(C)CCC1(F)COC1. The van der Waals surface area contributed by atoms with E-state index < -0.39 is 5.67 Å². The Kier molecular flexibility index (Phi) is 2.24. The van der Waals surface area contributed by atoms with Gasteiger partial charge in [-0.25, -0.2) is 4.39 Å². The van der Waals surface area contributed by atoms with Crippen LogP contribution in [0, 0.1) is 5.41 Å². The van der Waals surface area contributed by atoms with Crippen molar-refractivity contribution in [2.75, 3.05) is 13.2 Å². The number of alkyl halides is 1. The van der Waals surface area contributed by atoms with Gasteiger partial charge in [-0.15, -0.1) is 0 Å². The summed E-state index contributed by atoms with van der Waals surface area (Å²) in [6, 6.07) is 0. The van der Waals surface area contributed by atoms with Gasteiger partial charge in [0.05, 0.1) is 13.2 Å². The van der Waals surface area contributed by atoms with Crippen LogP contribution in [0.3, 0.4) is 0 Å². The summed E-state index contributed by atoms with van der Waals surface area (Å²) in [6.07, 6.45) is 1.59. The summed E-state index contributed by atoms with van der Waals surface area (Å²) in [4.78, 5) is 0. The second kappa shape index (κ2) is 2.74. The minimum absolute atomic E-state index is 0.245. The molecule has 0 radical (unpaired) electrons. The van der Waals surface area contributed by atoms with Gasteiger partial charge in [-0.05, 0) is 18.3 Å². The molecule has 1 fully saturated rings. The number of hydrogen-bond acceptors (Lipinski definition) is 1. The van der Waals surface area contributed by atoms with Crippen LogP contribution in [-0.2, 0) is 4.74 Å². The molecule has 0 aliphatic carbocycles. The van der Waals surface area contributed by atoms with Crippen LogP contribution in [0.15, 0.2) is 0 Å². The van der Waals surface area contributed by atoms with Gasteiger partial charge in [0.2, 0.25) is 0 Å². The van der Waals surface area contributed by atoms with E-state index >= 15 is 0 Å². The summed E-state index contributed by atoms with van der Waals surface area (Å²) in [5.41, 5.74) is -0.748. The summed E-state index contributed by atoms with van der Waals surface area (Å²) in [6.45, 7) is 7.02. The molecule has 1 rings (SSSR count). The first-order valence-electron chi connectivity index (χ1n) is 4.18. The topological polar surface area (TPSA) is 9.23 Å². The molecule has 1 aliphatic heterocycles. The van der Waals surface area contributed by atoms with Crippen molar-refractivity contribution in [2.24, 2.45) is 5.41 Å². The van der Waals surface area contributed by atoms with Crippen LogP contribution in [-0.4, -0.2) is 18.9 Å². The van der Waals surface area contributed by atoms with E-state index in [-0.39, 0.29) is 5.41 Å². The highest BCUT2D eigenvalue weighted by Gasteiger charge is 2.38. The summed E-state index contributed by atoms with van der Waals surface area (Å²) in [7, 11) is 0. The molecule has 0 saturated carbocycles. The molecule has 0 aromatic heterocycles. The predicted molar refractivity (Wildman–Crippen MR) is 43.3 cm³/mol. The lowest BCUT2D eigenvalue weighted by Gasteiger charge is -2.35. The van der Waals surface area contributed by atoms with Crippen molar-refractivity contribution in [3.63, 3.8) is 0 Å². The Hall–Kier alpha value is -0.110. The Morgan fingerprint density at radius 1 is 1.36 bits per heavy atom. The fraction of sp³-hybridized carbons (Fsp3) is 1.00. The standard InChI is InChI=1S/C9H17FO/c1-8(2,3)4-5-9(10)6-11-7-9/h4-7H2,1-3H3. The largest absolute Gasteiger partial charge is 0.375 e. The fourth-order valence-corrected chi connectivity index (χ4v) is 1.07. The Morgan fingerprint density at radius 3 is 2.18 bits per heavy atom. The molecule has 0 aromatic rings. The zero-order chi connectivity index (χ0) is 8.54. The van der Waals surface area contributed by atoms with E-state index in [1.165, 1.54) is 0 Å². The van der Waals surface area contributed by atoms with E-state index in [0.29, 0.717) is 19.6 Å². The van der Waals surface area contributed by atoms with Gasteiger partial charge in [-0.2, -0.15) is 0 Å². The van der Waals surface area contributed by atoms with Crippen molar-refractivity contribution < 1.29 is 9.13 Å². The third kappa shape index (κ3) is 2.78. The van der Waals surface area contributed by atoms with Crippen molar-refractivity contribution in [3.8, 4) is 0 Å². The average Bonchev–Trinajstić information content (AvgIpc) is 1.77. The van der Waals surface area contributed by atoms with Gasteiger partial charge in [0, 0.05) is 0 Å². The molecular formula is C9H17FO. The zero-order valence-corrected chi connectivity index (χ0v) is 7.61. The summed E-state index contributed by atoms with van der Waals surface area (Å²) >= 11 is 0.